The normalized spacial score (nSPS) is 22.5. The van der Waals surface area contributed by atoms with Gasteiger partial charge in [0.2, 0.25) is 0 Å². The molecular weight excluding hydrogens is 366 g/mol. The summed E-state index contributed by atoms with van der Waals surface area (Å²) in [5, 5.41) is 6.67. The first kappa shape index (κ1) is 20.2. The lowest BCUT2D eigenvalue weighted by Gasteiger charge is -2.30. The number of pyridine rings is 1. The van der Waals surface area contributed by atoms with Gasteiger partial charge < -0.3 is 15.8 Å². The number of hydrogen-bond acceptors (Lipinski definition) is 7. The maximum atomic E-state index is 6.23. The van der Waals surface area contributed by atoms with Gasteiger partial charge in [-0.05, 0) is 31.5 Å². The topological polar surface area (TPSA) is 99.8 Å². The quantitative estimate of drug-likeness (QED) is 0.325. The molecule has 0 saturated carbocycles. The van der Waals surface area contributed by atoms with Crippen molar-refractivity contribution in [3.63, 3.8) is 0 Å². The van der Waals surface area contributed by atoms with Gasteiger partial charge in [0.25, 0.3) is 0 Å². The summed E-state index contributed by atoms with van der Waals surface area (Å²) in [7, 11) is 0. The lowest BCUT2D eigenvalue weighted by molar-refractivity contribution is 0.00647. The van der Waals surface area contributed by atoms with Crippen molar-refractivity contribution in [3.8, 4) is 0 Å². The van der Waals surface area contributed by atoms with E-state index in [-0.39, 0.29) is 12.0 Å². The highest BCUT2D eigenvalue weighted by molar-refractivity contribution is 5.89. The number of rotatable bonds is 6. The number of nitrogens with two attached hydrogens (primary N) is 1. The molecule has 2 aliphatic rings. The fraction of sp³-hybridized carbons (Fsp3) is 0.524. The van der Waals surface area contributed by atoms with Gasteiger partial charge in [-0.25, -0.2) is 5.01 Å². The molecule has 2 fully saturated rings. The monoisotopic (exact) mass is 397 g/mol. The van der Waals surface area contributed by atoms with E-state index >= 15 is 0 Å². The maximum absolute atomic E-state index is 6.23. The zero-order valence-electron chi connectivity index (χ0n) is 16.8. The Labute approximate surface area is 171 Å². The highest BCUT2D eigenvalue weighted by atomic mass is 16.5. The Morgan fingerprint density at radius 2 is 2.14 bits per heavy atom. The fourth-order valence-corrected chi connectivity index (χ4v) is 3.81. The van der Waals surface area contributed by atoms with Gasteiger partial charge in [-0.1, -0.05) is 24.3 Å². The third kappa shape index (κ3) is 5.29. The van der Waals surface area contributed by atoms with Crippen molar-refractivity contribution in [2.24, 2.45) is 10.7 Å². The average molecular weight is 398 g/mol. The number of nitrogens with one attached hydrogen (secondary N) is 3. The van der Waals surface area contributed by atoms with Crippen LogP contribution in [0.3, 0.4) is 0 Å². The molecule has 0 aliphatic carbocycles. The Balaban J connectivity index is 1.57. The maximum Gasteiger partial charge on any atom is 0.122 e. The summed E-state index contributed by atoms with van der Waals surface area (Å²) >= 11 is 0. The molecule has 0 radical (unpaired) electrons. The van der Waals surface area contributed by atoms with Crippen LogP contribution in [0.1, 0.15) is 24.5 Å². The van der Waals surface area contributed by atoms with Crippen LogP contribution in [0.2, 0.25) is 0 Å². The molecule has 0 bridgehead atoms. The van der Waals surface area contributed by atoms with E-state index < -0.39 is 0 Å². The zero-order chi connectivity index (χ0) is 19.9. The van der Waals surface area contributed by atoms with Gasteiger partial charge in [0.1, 0.15) is 5.84 Å². The number of amidine groups is 1. The van der Waals surface area contributed by atoms with Gasteiger partial charge in [-0.15, -0.1) is 0 Å². The number of nitrogens with zero attached hydrogens (tertiary/aromatic N) is 3. The minimum Gasteiger partial charge on any atom is -0.379 e. The molecule has 29 heavy (non-hydrogen) atoms. The minimum atomic E-state index is -0.102. The van der Waals surface area contributed by atoms with Crippen LogP contribution < -0.4 is 22.0 Å². The van der Waals surface area contributed by atoms with Crippen molar-refractivity contribution in [1.29, 1.82) is 0 Å². The Kier molecular flexibility index (Phi) is 7.02. The van der Waals surface area contributed by atoms with Crippen LogP contribution in [-0.2, 0) is 4.74 Å². The molecule has 1 aromatic carbocycles. The van der Waals surface area contributed by atoms with Crippen LogP contribution in [0.15, 0.2) is 41.4 Å². The molecule has 0 amide bonds. The van der Waals surface area contributed by atoms with E-state index in [2.05, 4.69) is 39.5 Å². The van der Waals surface area contributed by atoms with Crippen LogP contribution in [0.25, 0.3) is 10.9 Å². The molecule has 4 rings (SSSR count). The Morgan fingerprint density at radius 3 is 2.93 bits per heavy atom. The highest BCUT2D eigenvalue weighted by Crippen LogP contribution is 2.19. The summed E-state index contributed by atoms with van der Waals surface area (Å²) < 4.78 is 5.43. The van der Waals surface area contributed by atoms with E-state index in [9.17, 15) is 0 Å². The van der Waals surface area contributed by atoms with E-state index in [0.29, 0.717) is 6.54 Å². The van der Waals surface area contributed by atoms with Gasteiger partial charge in [0.15, 0.2) is 0 Å². The smallest absolute Gasteiger partial charge is 0.122 e. The molecule has 2 unspecified atom stereocenters. The second-order valence-electron chi connectivity index (χ2n) is 7.57. The molecule has 8 heteroatoms. The van der Waals surface area contributed by atoms with E-state index in [1.807, 2.05) is 18.2 Å². The fourth-order valence-electron chi connectivity index (χ4n) is 3.81. The van der Waals surface area contributed by atoms with Crippen molar-refractivity contribution in [2.75, 3.05) is 45.9 Å². The molecule has 2 saturated heterocycles. The third-order valence-corrected chi connectivity index (χ3v) is 5.49. The zero-order valence-corrected chi connectivity index (χ0v) is 16.8. The van der Waals surface area contributed by atoms with Crippen LogP contribution in [0.5, 0.6) is 0 Å². The first-order chi connectivity index (χ1) is 14.3. The lowest BCUT2D eigenvalue weighted by atomic mass is 10.0. The molecule has 2 atom stereocenters. The van der Waals surface area contributed by atoms with Gasteiger partial charge in [-0.2, -0.15) is 5.53 Å². The Hall–Kier alpha value is -2.10. The lowest BCUT2D eigenvalue weighted by Crippen LogP contribution is -2.55. The summed E-state index contributed by atoms with van der Waals surface area (Å²) in [6.45, 7) is 5.49. The second-order valence-corrected chi connectivity index (χ2v) is 7.57. The molecule has 8 nitrogen and oxygen atoms in total. The molecule has 2 aliphatic heterocycles. The number of ether oxygens (including phenoxy) is 1. The van der Waals surface area contributed by atoms with E-state index in [4.69, 9.17) is 20.4 Å². The molecule has 1 aromatic heterocycles. The van der Waals surface area contributed by atoms with Gasteiger partial charge in [-0.3, -0.25) is 15.4 Å². The summed E-state index contributed by atoms with van der Waals surface area (Å²) in [6.07, 6.45) is 2.22. The van der Waals surface area contributed by atoms with E-state index in [1.54, 1.807) is 0 Å². The van der Waals surface area contributed by atoms with Crippen molar-refractivity contribution in [1.82, 2.24) is 26.3 Å². The number of hydrazine groups is 2. The number of fused-ring (bicyclic) bond motifs is 1. The number of aliphatic imine (C=N–C) groups is 1. The molecule has 156 valence electrons. The average Bonchev–Trinajstić information content (AvgIpc) is 2.79. The molecule has 0 spiro atoms. The van der Waals surface area contributed by atoms with Crippen molar-refractivity contribution in [2.45, 2.75) is 24.8 Å². The van der Waals surface area contributed by atoms with E-state index in [1.165, 1.54) is 0 Å². The number of aromatic nitrogens is 1. The summed E-state index contributed by atoms with van der Waals surface area (Å²) in [6, 6.07) is 12.6. The number of para-hydroxylation sites is 1. The molecule has 5 N–H and O–H groups in total. The first-order valence-corrected chi connectivity index (χ1v) is 10.5. The summed E-state index contributed by atoms with van der Waals surface area (Å²) in [5.41, 5.74) is 14.8. The van der Waals surface area contributed by atoms with Gasteiger partial charge in [0, 0.05) is 31.6 Å². The Morgan fingerprint density at radius 1 is 1.28 bits per heavy atom. The van der Waals surface area contributed by atoms with Gasteiger partial charge in [0.05, 0.1) is 36.4 Å². The van der Waals surface area contributed by atoms with Gasteiger partial charge >= 0.3 is 0 Å². The third-order valence-electron chi connectivity index (χ3n) is 5.49. The predicted octanol–water partition coefficient (Wildman–Crippen LogP) is 0.769. The Bertz CT molecular complexity index is 816. The first-order valence-electron chi connectivity index (χ1n) is 10.5. The number of benzene rings is 1. The van der Waals surface area contributed by atoms with Crippen molar-refractivity contribution >= 4 is 16.7 Å². The van der Waals surface area contributed by atoms with Crippen LogP contribution >= 0.6 is 0 Å². The van der Waals surface area contributed by atoms with Crippen molar-refractivity contribution in [3.05, 3.63) is 42.1 Å². The largest absolute Gasteiger partial charge is 0.379 e. The minimum absolute atomic E-state index is 0.102. The van der Waals surface area contributed by atoms with E-state index in [0.717, 1.165) is 74.7 Å². The molecule has 3 heterocycles. The van der Waals surface area contributed by atoms with Crippen molar-refractivity contribution < 1.29 is 4.74 Å². The number of morpholine rings is 1. The van der Waals surface area contributed by atoms with Crippen LogP contribution in [0.4, 0.5) is 0 Å². The number of piperidine rings is 1. The summed E-state index contributed by atoms with van der Waals surface area (Å²) in [5.74, 6) is 0.741. The summed E-state index contributed by atoms with van der Waals surface area (Å²) in [4.78, 5) is 9.93. The predicted molar refractivity (Wildman–Crippen MR) is 116 cm³/mol. The number of hydrogen-bond donors (Lipinski definition) is 4. The second kappa shape index (κ2) is 10.1. The highest BCUT2D eigenvalue weighted by Gasteiger charge is 2.22. The standard InChI is InChI=1S/C21H31N7O/c22-14-18(20-8-7-16-4-1-2-6-19(16)25-20)21(24-17-5-3-9-23-15-17)26-27-28-10-12-29-13-11-28/h1-2,4,6-8,17-18,23,27H,3,5,9-15,22H2,(H,24,26). The molecule has 2 aromatic rings. The SMILES string of the molecule is NCC(C(=NC1CCCNC1)NNN1CCOCC1)c1ccc2ccccc2n1. The van der Waals surface area contributed by atoms with Crippen LogP contribution in [-0.4, -0.2) is 67.8 Å². The van der Waals surface area contributed by atoms with Crippen LogP contribution in [0, 0.1) is 0 Å². The molecular formula is C21H31N7O.